The molecule has 39 heavy (non-hydrogen) atoms. The van der Waals surface area contributed by atoms with Gasteiger partial charge in [-0.1, -0.05) is 168 Å². The number of hydrogen-bond acceptors (Lipinski definition) is 0. The van der Waals surface area contributed by atoms with Crippen molar-refractivity contribution in [3.8, 4) is 0 Å². The predicted molar refractivity (Wildman–Crippen MR) is 175 cm³/mol. The topological polar surface area (TPSA) is 8.81 Å². The third-order valence-corrected chi connectivity index (χ3v) is 8.85. The summed E-state index contributed by atoms with van der Waals surface area (Å²) in [5.74, 6) is 1.61. The Morgan fingerprint density at radius 2 is 0.795 bits per heavy atom. The van der Waals surface area contributed by atoms with Gasteiger partial charge < -0.3 is 0 Å². The molecule has 0 fully saturated rings. The van der Waals surface area contributed by atoms with Gasteiger partial charge in [-0.3, -0.25) is 0 Å². The molecule has 0 unspecified atom stereocenters. The Morgan fingerprint density at radius 3 is 1.23 bits per heavy atom. The molecule has 0 saturated heterocycles. The van der Waals surface area contributed by atoms with Crippen LogP contribution in [-0.4, -0.2) is 4.57 Å². The number of aromatic nitrogens is 2. The molecule has 0 N–H and O–H groups in total. The molecule has 0 aliphatic rings. The van der Waals surface area contributed by atoms with Crippen molar-refractivity contribution in [2.75, 3.05) is 0 Å². The van der Waals surface area contributed by atoms with Crippen LogP contribution in [0.3, 0.4) is 0 Å². The minimum absolute atomic E-state index is 1.22. The van der Waals surface area contributed by atoms with Crippen molar-refractivity contribution in [3.05, 3.63) is 18.2 Å². The van der Waals surface area contributed by atoms with Crippen molar-refractivity contribution in [1.82, 2.24) is 4.57 Å². The fourth-order valence-electron chi connectivity index (χ4n) is 6.15. The molecule has 1 heterocycles. The van der Waals surface area contributed by atoms with Crippen molar-refractivity contribution < 1.29 is 4.57 Å². The van der Waals surface area contributed by atoms with Crippen LogP contribution in [0.5, 0.6) is 0 Å². The van der Waals surface area contributed by atoms with E-state index in [1.165, 1.54) is 199 Å². The number of rotatable bonds is 31. The first kappa shape index (κ1) is 36.2. The minimum Gasteiger partial charge on any atom is -0.234 e. The highest BCUT2D eigenvalue weighted by Crippen LogP contribution is 2.15. The normalized spacial score (nSPS) is 11.6. The van der Waals surface area contributed by atoms with Gasteiger partial charge in [-0.2, -0.15) is 0 Å². The van der Waals surface area contributed by atoms with E-state index in [-0.39, 0.29) is 0 Å². The SMILES string of the molecule is CCCCCCCCCCCCCCCCCCc1n(CCCCCCCCCCC)cc[n+]1CCCCC. The molecule has 0 radical (unpaired) electrons. The number of nitrogens with zero attached hydrogens (tertiary/aromatic N) is 2. The summed E-state index contributed by atoms with van der Waals surface area (Å²) in [5, 5.41) is 0. The standard InChI is InChI=1S/C37H73N2/c1-4-7-10-12-14-16-17-18-19-20-21-22-23-25-27-29-32-37-38(33-30-9-6-3)35-36-39(37)34-31-28-26-24-15-13-11-8-5-2/h35-36H,4-34H2,1-3H3/q+1. The summed E-state index contributed by atoms with van der Waals surface area (Å²) in [6, 6.07) is 0. The maximum absolute atomic E-state index is 2.61. The van der Waals surface area contributed by atoms with Crippen molar-refractivity contribution in [1.29, 1.82) is 0 Å². The summed E-state index contributed by atoms with van der Waals surface area (Å²) in [6.45, 7) is 9.38. The fourth-order valence-corrected chi connectivity index (χ4v) is 6.15. The van der Waals surface area contributed by atoms with Gasteiger partial charge in [0.2, 0.25) is 0 Å². The monoisotopic (exact) mass is 546 g/mol. The highest BCUT2D eigenvalue weighted by molar-refractivity contribution is 4.84. The van der Waals surface area contributed by atoms with Gasteiger partial charge in [-0.25, -0.2) is 9.13 Å². The van der Waals surface area contributed by atoms with Crippen LogP contribution >= 0.6 is 0 Å². The van der Waals surface area contributed by atoms with Crippen LogP contribution in [0.15, 0.2) is 12.4 Å². The highest BCUT2D eigenvalue weighted by atomic mass is 15.1. The number of aryl methyl sites for hydroxylation is 2. The molecule has 0 aromatic carbocycles. The average molecular weight is 546 g/mol. The Morgan fingerprint density at radius 1 is 0.436 bits per heavy atom. The van der Waals surface area contributed by atoms with E-state index in [0.29, 0.717) is 0 Å². The largest absolute Gasteiger partial charge is 0.256 e. The molecule has 2 heteroatoms. The predicted octanol–water partition coefficient (Wildman–Crippen LogP) is 12.3. The van der Waals surface area contributed by atoms with E-state index in [4.69, 9.17) is 0 Å². The van der Waals surface area contributed by atoms with Crippen LogP contribution < -0.4 is 4.57 Å². The first-order valence-corrected chi connectivity index (χ1v) is 18.4. The zero-order chi connectivity index (χ0) is 28.1. The van der Waals surface area contributed by atoms with Crippen molar-refractivity contribution >= 4 is 0 Å². The fraction of sp³-hybridized carbons (Fsp3) is 0.919. The molecule has 0 aliphatic heterocycles. The smallest absolute Gasteiger partial charge is 0.234 e. The second kappa shape index (κ2) is 28.7. The number of unbranched alkanes of at least 4 members (excludes halogenated alkanes) is 25. The summed E-state index contributed by atoms with van der Waals surface area (Å²) in [5.41, 5.74) is 0. The Hall–Kier alpha value is -0.790. The molecule has 1 aromatic heterocycles. The highest BCUT2D eigenvalue weighted by Gasteiger charge is 2.16. The number of hydrogen-bond donors (Lipinski definition) is 0. The molecule has 230 valence electrons. The molecule has 0 amide bonds. The molecule has 0 spiro atoms. The maximum atomic E-state index is 2.61. The van der Waals surface area contributed by atoms with E-state index in [9.17, 15) is 0 Å². The summed E-state index contributed by atoms with van der Waals surface area (Å²) >= 11 is 0. The summed E-state index contributed by atoms with van der Waals surface area (Å²) in [4.78, 5) is 0. The second-order valence-corrected chi connectivity index (χ2v) is 12.7. The van der Waals surface area contributed by atoms with E-state index >= 15 is 0 Å². The molecule has 0 bridgehead atoms. The van der Waals surface area contributed by atoms with Crippen LogP contribution in [0.4, 0.5) is 0 Å². The molecular weight excluding hydrogens is 472 g/mol. The van der Waals surface area contributed by atoms with Gasteiger partial charge in [0.15, 0.2) is 0 Å². The van der Waals surface area contributed by atoms with E-state index in [0.717, 1.165) is 0 Å². The van der Waals surface area contributed by atoms with Gasteiger partial charge in [-0.15, -0.1) is 0 Å². The lowest BCUT2D eigenvalue weighted by Gasteiger charge is -2.07. The molecule has 0 atom stereocenters. The Bertz CT molecular complexity index is 605. The van der Waals surface area contributed by atoms with Crippen LogP contribution in [-0.2, 0) is 19.5 Å². The first-order valence-electron chi connectivity index (χ1n) is 18.4. The average Bonchev–Trinajstić information content (AvgIpc) is 3.33. The molecule has 0 aliphatic carbocycles. The van der Waals surface area contributed by atoms with Gasteiger partial charge >= 0.3 is 0 Å². The third kappa shape index (κ3) is 21.6. The Balaban J connectivity index is 2.13. The Labute approximate surface area is 247 Å². The van der Waals surface area contributed by atoms with Gasteiger partial charge in [0.25, 0.3) is 5.82 Å². The minimum atomic E-state index is 1.22. The van der Waals surface area contributed by atoms with E-state index in [2.05, 4.69) is 42.3 Å². The van der Waals surface area contributed by atoms with Gasteiger partial charge in [-0.05, 0) is 32.1 Å². The van der Waals surface area contributed by atoms with Crippen molar-refractivity contribution in [2.45, 2.75) is 220 Å². The lowest BCUT2D eigenvalue weighted by molar-refractivity contribution is -0.704. The molecule has 1 aromatic rings. The van der Waals surface area contributed by atoms with E-state index in [1.807, 2.05) is 0 Å². The second-order valence-electron chi connectivity index (χ2n) is 12.7. The molecule has 2 nitrogen and oxygen atoms in total. The van der Waals surface area contributed by atoms with Crippen LogP contribution in [0, 0.1) is 0 Å². The summed E-state index contributed by atoms with van der Waals surface area (Å²) in [7, 11) is 0. The maximum Gasteiger partial charge on any atom is 0.256 e. The van der Waals surface area contributed by atoms with Crippen LogP contribution in [0.2, 0.25) is 0 Å². The molecule has 0 saturated carbocycles. The van der Waals surface area contributed by atoms with Crippen LogP contribution in [0.25, 0.3) is 0 Å². The van der Waals surface area contributed by atoms with Gasteiger partial charge in [0.05, 0.1) is 13.1 Å². The van der Waals surface area contributed by atoms with E-state index in [1.54, 1.807) is 5.82 Å². The summed E-state index contributed by atoms with van der Waals surface area (Å²) in [6.07, 6.45) is 46.0. The first-order chi connectivity index (χ1) is 19.3. The zero-order valence-electron chi connectivity index (χ0n) is 27.5. The van der Waals surface area contributed by atoms with Crippen molar-refractivity contribution in [2.24, 2.45) is 0 Å². The quantitative estimate of drug-likeness (QED) is 0.0648. The van der Waals surface area contributed by atoms with Gasteiger partial charge in [0, 0.05) is 6.42 Å². The van der Waals surface area contributed by atoms with Crippen molar-refractivity contribution in [3.63, 3.8) is 0 Å². The number of imidazole rings is 1. The van der Waals surface area contributed by atoms with Crippen LogP contribution in [0.1, 0.15) is 206 Å². The summed E-state index contributed by atoms with van der Waals surface area (Å²) < 4.78 is 5.20. The third-order valence-electron chi connectivity index (χ3n) is 8.85. The van der Waals surface area contributed by atoms with E-state index < -0.39 is 0 Å². The molecular formula is C37H73N2+. The van der Waals surface area contributed by atoms with Gasteiger partial charge in [0.1, 0.15) is 12.4 Å². The zero-order valence-corrected chi connectivity index (χ0v) is 27.5. The lowest BCUT2D eigenvalue weighted by atomic mass is 10.0. The lowest BCUT2D eigenvalue weighted by Crippen LogP contribution is -2.37. The Kier molecular flexibility index (Phi) is 26.7. The molecule has 1 rings (SSSR count).